The van der Waals surface area contributed by atoms with Gasteiger partial charge in [-0.25, -0.2) is 9.37 Å². The first-order valence-corrected chi connectivity index (χ1v) is 7.52. The molecule has 0 saturated carbocycles. The highest BCUT2D eigenvalue weighted by molar-refractivity contribution is 6.20. The van der Waals surface area contributed by atoms with E-state index >= 15 is 0 Å². The Hall–Kier alpha value is -1.33. The van der Waals surface area contributed by atoms with Crippen LogP contribution in [0.2, 0.25) is 0 Å². The molecule has 0 radical (unpaired) electrons. The number of hydrogen-bond acceptors (Lipinski definition) is 3. The summed E-state index contributed by atoms with van der Waals surface area (Å²) in [6.07, 6.45) is 2.00. The Bertz CT molecular complexity index is 651. The molecule has 2 unspecified atom stereocenters. The fourth-order valence-electron chi connectivity index (χ4n) is 2.86. The van der Waals surface area contributed by atoms with Crippen LogP contribution in [-0.2, 0) is 4.74 Å². The molecule has 0 aliphatic carbocycles. The summed E-state index contributed by atoms with van der Waals surface area (Å²) in [5.41, 5.74) is 1.44. The van der Waals surface area contributed by atoms with Crippen LogP contribution in [0.3, 0.4) is 0 Å². The minimum atomic E-state index is -0.414. The number of alkyl halides is 1. The molecule has 0 amide bonds. The van der Waals surface area contributed by atoms with E-state index in [0.717, 1.165) is 30.8 Å². The van der Waals surface area contributed by atoms with E-state index in [0.29, 0.717) is 12.1 Å². The Morgan fingerprint density at radius 3 is 2.95 bits per heavy atom. The van der Waals surface area contributed by atoms with E-state index in [2.05, 4.69) is 9.55 Å². The smallest absolute Gasteiger partial charge is 0.167 e. The van der Waals surface area contributed by atoms with E-state index in [-0.39, 0.29) is 17.2 Å². The van der Waals surface area contributed by atoms with Crippen molar-refractivity contribution in [2.45, 2.75) is 31.2 Å². The molecule has 1 aliphatic rings. The van der Waals surface area contributed by atoms with Crippen LogP contribution >= 0.6 is 11.6 Å². The molecule has 0 bridgehead atoms. The summed E-state index contributed by atoms with van der Waals surface area (Å²) >= 11 is 6.26. The summed E-state index contributed by atoms with van der Waals surface area (Å²) < 4.78 is 26.6. The SMILES string of the molecule is COc1cc2c(cc1F)nc(C(C)Cl)n2C1CCCOC1. The number of hydrogen-bond donors (Lipinski definition) is 0. The molecule has 1 saturated heterocycles. The number of ether oxygens (including phenoxy) is 2. The van der Waals surface area contributed by atoms with E-state index in [1.807, 2.05) is 6.92 Å². The minimum Gasteiger partial charge on any atom is -0.494 e. The molecule has 2 aromatic rings. The lowest BCUT2D eigenvalue weighted by molar-refractivity contribution is 0.0595. The van der Waals surface area contributed by atoms with Gasteiger partial charge in [-0.3, -0.25) is 0 Å². The van der Waals surface area contributed by atoms with Gasteiger partial charge in [0.1, 0.15) is 5.82 Å². The second-order valence-corrected chi connectivity index (χ2v) is 5.96. The molecule has 2 atom stereocenters. The van der Waals surface area contributed by atoms with Crippen LogP contribution < -0.4 is 4.74 Å². The van der Waals surface area contributed by atoms with Gasteiger partial charge < -0.3 is 14.0 Å². The maximum Gasteiger partial charge on any atom is 0.167 e. The van der Waals surface area contributed by atoms with E-state index in [1.165, 1.54) is 13.2 Å². The second kappa shape index (κ2) is 5.81. The normalized spacial score (nSPS) is 20.7. The third-order valence-corrected chi connectivity index (χ3v) is 4.04. The maximum absolute atomic E-state index is 13.9. The predicted molar refractivity (Wildman–Crippen MR) is 79.6 cm³/mol. The lowest BCUT2D eigenvalue weighted by Gasteiger charge is -2.26. The first-order chi connectivity index (χ1) is 10.1. The number of halogens is 2. The molecule has 6 heteroatoms. The minimum absolute atomic E-state index is 0.176. The first kappa shape index (κ1) is 14.6. The fraction of sp³-hybridized carbons (Fsp3) is 0.533. The number of fused-ring (bicyclic) bond motifs is 1. The van der Waals surface area contributed by atoms with Crippen LogP contribution in [0.1, 0.15) is 37.0 Å². The molecular formula is C15H18ClFN2O2. The average molecular weight is 313 g/mol. The van der Waals surface area contributed by atoms with Crippen molar-refractivity contribution in [2.75, 3.05) is 20.3 Å². The number of rotatable bonds is 3. The van der Waals surface area contributed by atoms with Crippen LogP contribution in [0, 0.1) is 5.82 Å². The van der Waals surface area contributed by atoms with Gasteiger partial charge in [0.05, 0.1) is 36.2 Å². The molecule has 1 aromatic heterocycles. The number of benzene rings is 1. The van der Waals surface area contributed by atoms with Gasteiger partial charge in [0.25, 0.3) is 0 Å². The molecule has 1 aliphatic heterocycles. The number of imidazole rings is 1. The molecule has 3 rings (SSSR count). The van der Waals surface area contributed by atoms with Crippen molar-refractivity contribution in [3.63, 3.8) is 0 Å². The number of nitrogens with zero attached hydrogens (tertiary/aromatic N) is 2. The predicted octanol–water partition coefficient (Wildman–Crippen LogP) is 3.84. The van der Waals surface area contributed by atoms with Crippen molar-refractivity contribution in [1.29, 1.82) is 0 Å². The van der Waals surface area contributed by atoms with E-state index in [4.69, 9.17) is 21.1 Å². The largest absolute Gasteiger partial charge is 0.494 e. The van der Waals surface area contributed by atoms with Crippen LogP contribution in [-0.4, -0.2) is 29.9 Å². The highest BCUT2D eigenvalue weighted by atomic mass is 35.5. The summed E-state index contributed by atoms with van der Waals surface area (Å²) in [6.45, 7) is 3.28. The van der Waals surface area contributed by atoms with Gasteiger partial charge in [-0.1, -0.05) is 0 Å². The molecule has 4 nitrogen and oxygen atoms in total. The lowest BCUT2D eigenvalue weighted by Crippen LogP contribution is -2.23. The zero-order valence-electron chi connectivity index (χ0n) is 12.1. The molecule has 1 fully saturated rings. The number of methoxy groups -OCH3 is 1. The van der Waals surface area contributed by atoms with E-state index in [9.17, 15) is 4.39 Å². The second-order valence-electron chi connectivity index (χ2n) is 5.30. The maximum atomic E-state index is 13.9. The highest BCUT2D eigenvalue weighted by Gasteiger charge is 2.25. The standard InChI is InChI=1S/C15H18ClFN2O2/c1-9(16)15-18-12-6-11(17)14(20-2)7-13(12)19(15)10-4-3-5-21-8-10/h6-7,9-10H,3-5,8H2,1-2H3. The van der Waals surface area contributed by atoms with E-state index in [1.54, 1.807) is 6.07 Å². The molecule has 0 spiro atoms. The third-order valence-electron chi connectivity index (χ3n) is 3.85. The summed E-state index contributed by atoms with van der Waals surface area (Å²) in [5, 5.41) is -0.256. The Balaban J connectivity index is 2.19. The van der Waals surface area contributed by atoms with E-state index < -0.39 is 5.82 Å². The van der Waals surface area contributed by atoms with Crippen LogP contribution in [0.25, 0.3) is 11.0 Å². The summed E-state index contributed by atoms with van der Waals surface area (Å²) in [7, 11) is 1.46. The molecule has 0 N–H and O–H groups in total. The summed E-state index contributed by atoms with van der Waals surface area (Å²) in [6, 6.07) is 3.27. The third kappa shape index (κ3) is 2.60. The van der Waals surface area contributed by atoms with Crippen molar-refractivity contribution in [3.05, 3.63) is 23.8 Å². The zero-order chi connectivity index (χ0) is 15.0. The molecular weight excluding hydrogens is 295 g/mol. The fourth-order valence-corrected chi connectivity index (χ4v) is 3.02. The Kier molecular flexibility index (Phi) is 4.04. The highest BCUT2D eigenvalue weighted by Crippen LogP contribution is 2.34. The van der Waals surface area contributed by atoms with Crippen molar-refractivity contribution >= 4 is 22.6 Å². The van der Waals surface area contributed by atoms with Crippen molar-refractivity contribution < 1.29 is 13.9 Å². The molecule has 1 aromatic carbocycles. The molecule has 21 heavy (non-hydrogen) atoms. The van der Waals surface area contributed by atoms with Gasteiger partial charge in [-0.15, -0.1) is 11.6 Å². The van der Waals surface area contributed by atoms with Gasteiger partial charge in [0, 0.05) is 18.7 Å². The molecule has 114 valence electrons. The van der Waals surface area contributed by atoms with Crippen molar-refractivity contribution in [3.8, 4) is 5.75 Å². The Morgan fingerprint density at radius 2 is 2.33 bits per heavy atom. The molecule has 2 heterocycles. The van der Waals surface area contributed by atoms with Crippen LogP contribution in [0.5, 0.6) is 5.75 Å². The summed E-state index contributed by atoms with van der Waals surface area (Å²) in [5.74, 6) is 0.548. The quantitative estimate of drug-likeness (QED) is 0.808. The van der Waals surface area contributed by atoms with Crippen molar-refractivity contribution in [1.82, 2.24) is 9.55 Å². The van der Waals surface area contributed by atoms with Crippen LogP contribution in [0.15, 0.2) is 12.1 Å². The topological polar surface area (TPSA) is 36.3 Å². The zero-order valence-corrected chi connectivity index (χ0v) is 12.9. The number of aromatic nitrogens is 2. The Morgan fingerprint density at radius 1 is 1.52 bits per heavy atom. The lowest BCUT2D eigenvalue weighted by atomic mass is 10.1. The van der Waals surface area contributed by atoms with Crippen molar-refractivity contribution in [2.24, 2.45) is 0 Å². The van der Waals surface area contributed by atoms with Gasteiger partial charge in [0.15, 0.2) is 11.6 Å². The Labute approximate surface area is 127 Å². The first-order valence-electron chi connectivity index (χ1n) is 7.09. The van der Waals surface area contributed by atoms with Crippen LogP contribution in [0.4, 0.5) is 4.39 Å². The average Bonchev–Trinajstić information content (AvgIpc) is 2.85. The van der Waals surface area contributed by atoms with Gasteiger partial charge in [-0.2, -0.15) is 0 Å². The van der Waals surface area contributed by atoms with Gasteiger partial charge >= 0.3 is 0 Å². The van der Waals surface area contributed by atoms with Gasteiger partial charge in [-0.05, 0) is 19.8 Å². The van der Waals surface area contributed by atoms with Gasteiger partial charge in [0.2, 0.25) is 0 Å². The monoisotopic (exact) mass is 312 g/mol. The summed E-state index contributed by atoms with van der Waals surface area (Å²) in [4.78, 5) is 4.50.